The normalized spacial score (nSPS) is 12.2. The zero-order chi connectivity index (χ0) is 31.3. The molecular formula is C43H25N5. The van der Waals surface area contributed by atoms with Crippen LogP contribution in [0.15, 0.2) is 152 Å². The van der Waals surface area contributed by atoms with Crippen molar-refractivity contribution < 1.29 is 0 Å². The Morgan fingerprint density at radius 1 is 0.438 bits per heavy atom. The van der Waals surface area contributed by atoms with Gasteiger partial charge >= 0.3 is 0 Å². The van der Waals surface area contributed by atoms with Crippen molar-refractivity contribution in [3.8, 4) is 45.0 Å². The lowest BCUT2D eigenvalue weighted by molar-refractivity contribution is 1.09. The van der Waals surface area contributed by atoms with Crippen LogP contribution in [0.2, 0.25) is 0 Å². The van der Waals surface area contributed by atoms with Crippen LogP contribution in [0, 0.1) is 0 Å². The third-order valence-electron chi connectivity index (χ3n) is 9.92. The highest BCUT2D eigenvalue weighted by Gasteiger charge is 2.27. The third-order valence-corrected chi connectivity index (χ3v) is 9.92. The molecule has 5 heterocycles. The van der Waals surface area contributed by atoms with E-state index < -0.39 is 0 Å². The molecule has 0 spiro atoms. The zero-order valence-electron chi connectivity index (χ0n) is 25.7. The summed E-state index contributed by atoms with van der Waals surface area (Å²) in [6.45, 7) is 0. The minimum atomic E-state index is 0.862. The Kier molecular flexibility index (Phi) is 5.05. The van der Waals surface area contributed by atoms with Crippen molar-refractivity contribution in [3.63, 3.8) is 0 Å². The van der Waals surface area contributed by atoms with Gasteiger partial charge in [-0.05, 0) is 71.3 Å². The molecule has 0 radical (unpaired) electrons. The van der Waals surface area contributed by atoms with E-state index in [2.05, 4.69) is 129 Å². The SMILES string of the molecule is c1ccc(-n2c3cnccc3c3ccc(-c4cc5c6c(c4)c4ccccc4n6-c4nc6ccccc6nc4-c4ccccc4-5)cc32)cc1. The number of hydrogen-bond donors (Lipinski definition) is 0. The first-order valence-electron chi connectivity index (χ1n) is 16.2. The molecule has 0 saturated heterocycles. The molecule has 5 heteroatoms. The largest absolute Gasteiger partial charge is 0.308 e. The summed E-state index contributed by atoms with van der Waals surface area (Å²) in [7, 11) is 0. The maximum absolute atomic E-state index is 5.29. The van der Waals surface area contributed by atoms with Gasteiger partial charge in [-0.2, -0.15) is 0 Å². The van der Waals surface area contributed by atoms with Gasteiger partial charge in [0.25, 0.3) is 0 Å². The molecule has 10 aromatic rings. The van der Waals surface area contributed by atoms with Crippen molar-refractivity contribution in [2.24, 2.45) is 0 Å². The van der Waals surface area contributed by atoms with Crippen LogP contribution in [-0.2, 0) is 0 Å². The summed E-state index contributed by atoms with van der Waals surface area (Å²) in [5.74, 6) is 0.862. The highest BCUT2D eigenvalue weighted by molar-refractivity contribution is 6.18. The van der Waals surface area contributed by atoms with Gasteiger partial charge < -0.3 is 4.57 Å². The monoisotopic (exact) mass is 611 g/mol. The van der Waals surface area contributed by atoms with E-state index in [0.717, 1.165) is 72.6 Å². The number of nitrogens with zero attached hydrogens (tertiary/aromatic N) is 5. The predicted octanol–water partition coefficient (Wildman–Crippen LogP) is 10.5. The second kappa shape index (κ2) is 9.47. The molecule has 0 atom stereocenters. The van der Waals surface area contributed by atoms with Gasteiger partial charge in [-0.1, -0.05) is 84.9 Å². The Bertz CT molecular complexity index is 2950. The van der Waals surface area contributed by atoms with Gasteiger partial charge in [0.1, 0.15) is 5.69 Å². The van der Waals surface area contributed by atoms with Crippen LogP contribution < -0.4 is 0 Å². The van der Waals surface area contributed by atoms with Gasteiger partial charge in [0.15, 0.2) is 5.82 Å². The molecule has 1 aliphatic rings. The Hall–Kier alpha value is -6.59. The summed E-state index contributed by atoms with van der Waals surface area (Å²) in [6.07, 6.45) is 3.85. The number of rotatable bonds is 2. The predicted molar refractivity (Wildman–Crippen MR) is 196 cm³/mol. The molecule has 11 rings (SSSR count). The lowest BCUT2D eigenvalue weighted by Gasteiger charge is -2.12. The van der Waals surface area contributed by atoms with Crippen LogP contribution in [-0.4, -0.2) is 24.1 Å². The molecule has 0 fully saturated rings. The van der Waals surface area contributed by atoms with Crippen molar-refractivity contribution in [2.45, 2.75) is 0 Å². The van der Waals surface area contributed by atoms with E-state index in [-0.39, 0.29) is 0 Å². The molecule has 0 N–H and O–H groups in total. The first kappa shape index (κ1) is 25.6. The molecule has 222 valence electrons. The number of hydrogen-bond acceptors (Lipinski definition) is 3. The number of benzene rings is 6. The van der Waals surface area contributed by atoms with Gasteiger partial charge in [-0.3, -0.25) is 9.55 Å². The standard InChI is InChI=1S/C43H25N5/c1-2-10-28(11-3-1)47-39-24-26(18-19-31(39)32-20-21-44-25-40(32)47)27-22-34-29-12-4-5-14-33(29)41-43(46-37-16-8-7-15-36(37)45-41)48-38-17-9-6-13-30(38)35(23-27)42(34)48/h1-25H. The van der Waals surface area contributed by atoms with Crippen LogP contribution in [0.5, 0.6) is 0 Å². The van der Waals surface area contributed by atoms with E-state index in [4.69, 9.17) is 9.97 Å². The molecule has 0 amide bonds. The summed E-state index contributed by atoms with van der Waals surface area (Å²) < 4.78 is 4.66. The average molecular weight is 612 g/mol. The summed E-state index contributed by atoms with van der Waals surface area (Å²) in [5.41, 5.74) is 14.1. The maximum Gasteiger partial charge on any atom is 0.165 e. The Labute approximate surface area is 275 Å². The van der Waals surface area contributed by atoms with E-state index in [1.807, 2.05) is 36.7 Å². The van der Waals surface area contributed by atoms with Crippen LogP contribution >= 0.6 is 0 Å². The average Bonchev–Trinajstić information content (AvgIpc) is 3.63. The van der Waals surface area contributed by atoms with E-state index in [1.165, 1.54) is 27.1 Å². The lowest BCUT2D eigenvalue weighted by atomic mass is 9.92. The first-order chi connectivity index (χ1) is 23.8. The maximum atomic E-state index is 5.29. The molecule has 0 aliphatic carbocycles. The summed E-state index contributed by atoms with van der Waals surface area (Å²) in [5, 5.41) is 4.80. The third kappa shape index (κ3) is 3.42. The Balaban J connectivity index is 1.26. The second-order valence-electron chi connectivity index (χ2n) is 12.5. The van der Waals surface area contributed by atoms with Crippen molar-refractivity contribution in [1.82, 2.24) is 24.1 Å². The first-order valence-corrected chi connectivity index (χ1v) is 16.2. The van der Waals surface area contributed by atoms with Gasteiger partial charge in [-0.25, -0.2) is 9.97 Å². The molecule has 1 aliphatic heterocycles. The quantitative estimate of drug-likeness (QED) is 0.195. The molecule has 0 unspecified atom stereocenters. The van der Waals surface area contributed by atoms with Crippen molar-refractivity contribution in [1.29, 1.82) is 0 Å². The molecule has 0 bridgehead atoms. The van der Waals surface area contributed by atoms with Crippen molar-refractivity contribution in [3.05, 3.63) is 152 Å². The lowest BCUT2D eigenvalue weighted by Crippen LogP contribution is -2.02. The molecule has 5 nitrogen and oxygen atoms in total. The molecule has 4 aromatic heterocycles. The van der Waals surface area contributed by atoms with E-state index in [1.54, 1.807) is 0 Å². The van der Waals surface area contributed by atoms with E-state index >= 15 is 0 Å². The number of para-hydroxylation sites is 4. The van der Waals surface area contributed by atoms with E-state index in [9.17, 15) is 0 Å². The fourth-order valence-electron chi connectivity index (χ4n) is 7.84. The molecule has 0 saturated carbocycles. The highest BCUT2D eigenvalue weighted by atomic mass is 15.1. The topological polar surface area (TPSA) is 48.5 Å². The van der Waals surface area contributed by atoms with Crippen LogP contribution in [0.3, 0.4) is 0 Å². The van der Waals surface area contributed by atoms with Crippen LogP contribution in [0.4, 0.5) is 0 Å². The second-order valence-corrected chi connectivity index (χ2v) is 12.5. The van der Waals surface area contributed by atoms with Crippen LogP contribution in [0.25, 0.3) is 99.7 Å². The minimum Gasteiger partial charge on any atom is -0.308 e. The summed E-state index contributed by atoms with van der Waals surface area (Å²) >= 11 is 0. The molecular weight excluding hydrogens is 587 g/mol. The minimum absolute atomic E-state index is 0.862. The fourth-order valence-corrected chi connectivity index (χ4v) is 7.84. The smallest absolute Gasteiger partial charge is 0.165 e. The van der Waals surface area contributed by atoms with Gasteiger partial charge in [0.05, 0.1) is 39.3 Å². The van der Waals surface area contributed by atoms with Gasteiger partial charge in [0, 0.05) is 44.6 Å². The van der Waals surface area contributed by atoms with Gasteiger partial charge in [0.2, 0.25) is 0 Å². The highest BCUT2D eigenvalue weighted by Crippen LogP contribution is 2.48. The molecule has 48 heavy (non-hydrogen) atoms. The molecule has 6 aromatic carbocycles. The van der Waals surface area contributed by atoms with Crippen molar-refractivity contribution in [2.75, 3.05) is 0 Å². The van der Waals surface area contributed by atoms with Gasteiger partial charge in [-0.15, -0.1) is 0 Å². The number of aromatic nitrogens is 5. The van der Waals surface area contributed by atoms with E-state index in [0.29, 0.717) is 0 Å². The Morgan fingerprint density at radius 3 is 2.06 bits per heavy atom. The zero-order valence-corrected chi connectivity index (χ0v) is 25.7. The summed E-state index contributed by atoms with van der Waals surface area (Å²) in [4.78, 5) is 15.0. The number of pyridine rings is 1. The summed E-state index contributed by atoms with van der Waals surface area (Å²) in [6, 6.07) is 49.7. The Morgan fingerprint density at radius 2 is 1.17 bits per heavy atom. The van der Waals surface area contributed by atoms with Crippen molar-refractivity contribution >= 4 is 54.6 Å². The number of fused-ring (bicyclic) bond motifs is 12. The van der Waals surface area contributed by atoms with Crippen LogP contribution in [0.1, 0.15) is 0 Å². The fraction of sp³-hybridized carbons (Fsp3) is 0.